The first-order chi connectivity index (χ1) is 27.4. The third-order valence-corrected chi connectivity index (χ3v) is 9.57. The molecule has 0 radical (unpaired) electrons. The van der Waals surface area contributed by atoms with Crippen LogP contribution in [-0.4, -0.2) is 26.6 Å². The maximum Gasteiger partial charge on any atom is 0.164 e. The zero-order chi connectivity index (χ0) is 38.3. The highest BCUT2D eigenvalue weighted by Gasteiger charge is 2.13. The summed E-state index contributed by atoms with van der Waals surface area (Å²) in [6.07, 6.45) is 0. The normalized spacial score (nSPS) is 11.8. The van der Waals surface area contributed by atoms with E-state index in [4.69, 9.17) is 30.7 Å². The lowest BCUT2D eigenvalue weighted by molar-refractivity contribution is 1.06. The van der Waals surface area contributed by atoms with Crippen molar-refractivity contribution >= 4 is 11.7 Å². The summed E-state index contributed by atoms with van der Waals surface area (Å²) in [5.74, 6) is 2.93. The summed E-state index contributed by atoms with van der Waals surface area (Å²) in [6, 6.07) is 61.9. The van der Waals surface area contributed by atoms with Crippen LogP contribution in [0, 0.1) is 13.8 Å². The number of aromatic nitrogens is 3. The molecule has 0 saturated carbocycles. The fourth-order valence-electron chi connectivity index (χ4n) is 6.47. The zero-order valence-corrected chi connectivity index (χ0v) is 31.3. The molecular weight excluding hydrogens is 685 g/mol. The highest BCUT2D eigenvalue weighted by Crippen LogP contribution is 2.31. The number of aryl methyl sites for hydroxylation is 2. The summed E-state index contributed by atoms with van der Waals surface area (Å²) >= 11 is 0. The largest absolute Gasteiger partial charge is 0.383 e. The molecule has 1 heterocycles. The predicted molar refractivity (Wildman–Crippen MR) is 230 cm³/mol. The van der Waals surface area contributed by atoms with Crippen molar-refractivity contribution in [1.82, 2.24) is 15.0 Å². The van der Waals surface area contributed by atoms with Gasteiger partial charge in [-0.05, 0) is 59.9 Å². The van der Waals surface area contributed by atoms with Gasteiger partial charge in [0.25, 0.3) is 0 Å². The van der Waals surface area contributed by atoms with Gasteiger partial charge in [-0.3, -0.25) is 4.99 Å². The van der Waals surface area contributed by atoms with Crippen LogP contribution in [0.5, 0.6) is 0 Å². The molecule has 8 aromatic rings. The van der Waals surface area contributed by atoms with Crippen LogP contribution in [0.2, 0.25) is 0 Å². The van der Waals surface area contributed by atoms with Crippen LogP contribution in [0.3, 0.4) is 0 Å². The lowest BCUT2D eigenvalue weighted by atomic mass is 9.97. The Morgan fingerprint density at radius 2 is 0.839 bits per heavy atom. The molecule has 0 saturated heterocycles. The molecule has 0 aliphatic heterocycles. The van der Waals surface area contributed by atoms with Crippen LogP contribution in [-0.2, 0) is 6.54 Å². The molecule has 56 heavy (non-hydrogen) atoms. The van der Waals surface area contributed by atoms with E-state index in [2.05, 4.69) is 98.8 Å². The van der Waals surface area contributed by atoms with Gasteiger partial charge in [0.05, 0.1) is 6.54 Å². The third-order valence-electron chi connectivity index (χ3n) is 9.57. The predicted octanol–water partition coefficient (Wildman–Crippen LogP) is 11.2. The molecule has 0 aliphatic carbocycles. The summed E-state index contributed by atoms with van der Waals surface area (Å²) in [6.45, 7) is 4.58. The van der Waals surface area contributed by atoms with Crippen LogP contribution >= 0.6 is 0 Å². The fourth-order valence-corrected chi connectivity index (χ4v) is 6.47. The summed E-state index contributed by atoms with van der Waals surface area (Å²) in [7, 11) is 0. The summed E-state index contributed by atoms with van der Waals surface area (Å²) in [5.41, 5.74) is 18.9. The molecule has 0 amide bonds. The minimum atomic E-state index is 0.433. The van der Waals surface area contributed by atoms with Crippen molar-refractivity contribution in [1.29, 1.82) is 0 Å². The van der Waals surface area contributed by atoms with Crippen LogP contribution in [0.15, 0.2) is 192 Å². The first kappa shape index (κ1) is 35.7. The van der Waals surface area contributed by atoms with Crippen LogP contribution in [0.25, 0.3) is 56.4 Å². The molecule has 0 atom stereocenters. The quantitative estimate of drug-likeness (QED) is 0.119. The second-order valence-corrected chi connectivity index (χ2v) is 13.8. The van der Waals surface area contributed by atoms with Crippen molar-refractivity contribution < 1.29 is 0 Å². The summed E-state index contributed by atoms with van der Waals surface area (Å²) in [5, 5.41) is 0. The molecule has 6 heteroatoms. The minimum Gasteiger partial charge on any atom is -0.383 e. The van der Waals surface area contributed by atoms with Gasteiger partial charge in [-0.2, -0.15) is 0 Å². The van der Waals surface area contributed by atoms with Gasteiger partial charge in [-0.15, -0.1) is 0 Å². The zero-order valence-electron chi connectivity index (χ0n) is 31.3. The average molecular weight is 725 g/mol. The van der Waals surface area contributed by atoms with E-state index in [9.17, 15) is 0 Å². The van der Waals surface area contributed by atoms with Crippen molar-refractivity contribution in [3.05, 3.63) is 210 Å². The maximum absolute atomic E-state index is 6.51. The summed E-state index contributed by atoms with van der Waals surface area (Å²) < 4.78 is 0. The first-order valence-corrected chi connectivity index (χ1v) is 18.6. The monoisotopic (exact) mass is 724 g/mol. The number of nitrogens with two attached hydrogens (primary N) is 1. The lowest BCUT2D eigenvalue weighted by Gasteiger charge is -2.11. The Balaban J connectivity index is 1.09. The van der Waals surface area contributed by atoms with Gasteiger partial charge in [0.15, 0.2) is 23.3 Å². The van der Waals surface area contributed by atoms with Crippen molar-refractivity contribution in [3.8, 4) is 56.4 Å². The van der Waals surface area contributed by atoms with Gasteiger partial charge in [-0.1, -0.05) is 175 Å². The van der Waals surface area contributed by atoms with Crippen LogP contribution < -0.4 is 5.73 Å². The SMILES string of the molecule is Cc1ccc(C(N)=NC(=NCc2cccc(-c3cccc(-c4cccc(-c5nc(-c6ccccc6)nc(-c6ccccc6)n5)c4)c3)c2)c2ccc(C)cc2)cc1. The Bertz CT molecular complexity index is 2610. The third kappa shape index (κ3) is 8.40. The van der Waals surface area contributed by atoms with E-state index in [0.717, 1.165) is 55.6 Å². The van der Waals surface area contributed by atoms with Gasteiger partial charge < -0.3 is 5.73 Å². The Morgan fingerprint density at radius 1 is 0.429 bits per heavy atom. The van der Waals surface area contributed by atoms with Crippen LogP contribution in [0.1, 0.15) is 27.8 Å². The molecule has 8 rings (SSSR count). The topological polar surface area (TPSA) is 89.4 Å². The Morgan fingerprint density at radius 3 is 1.38 bits per heavy atom. The van der Waals surface area contributed by atoms with Crippen molar-refractivity contribution in [2.45, 2.75) is 20.4 Å². The van der Waals surface area contributed by atoms with Gasteiger partial charge in [0.2, 0.25) is 0 Å². The van der Waals surface area contributed by atoms with Crippen molar-refractivity contribution in [3.63, 3.8) is 0 Å². The van der Waals surface area contributed by atoms with E-state index < -0.39 is 0 Å². The highest BCUT2D eigenvalue weighted by molar-refractivity contribution is 6.11. The lowest BCUT2D eigenvalue weighted by Crippen LogP contribution is -2.16. The number of amidine groups is 2. The molecule has 0 unspecified atom stereocenters. The molecule has 270 valence electrons. The van der Waals surface area contributed by atoms with Gasteiger partial charge >= 0.3 is 0 Å². The average Bonchev–Trinajstić information content (AvgIpc) is 3.26. The van der Waals surface area contributed by atoms with E-state index in [1.807, 2.05) is 97.1 Å². The number of benzene rings is 7. The number of hydrogen-bond acceptors (Lipinski definition) is 4. The van der Waals surface area contributed by atoms with Gasteiger partial charge in [-0.25, -0.2) is 19.9 Å². The number of aliphatic imine (C=N–C) groups is 2. The Labute approximate surface area is 327 Å². The van der Waals surface area contributed by atoms with E-state index in [1.54, 1.807) is 0 Å². The number of nitrogens with zero attached hydrogens (tertiary/aromatic N) is 5. The molecule has 1 aromatic heterocycles. The number of rotatable bonds is 9. The molecule has 0 fully saturated rings. The van der Waals surface area contributed by atoms with Gasteiger partial charge in [0.1, 0.15) is 5.84 Å². The number of hydrogen-bond donors (Lipinski definition) is 1. The van der Waals surface area contributed by atoms with Crippen LogP contribution in [0.4, 0.5) is 0 Å². The molecule has 0 aliphatic rings. The molecule has 6 nitrogen and oxygen atoms in total. The molecule has 2 N–H and O–H groups in total. The molecule has 7 aromatic carbocycles. The second kappa shape index (κ2) is 16.4. The molecular formula is C50H40N6. The van der Waals surface area contributed by atoms with Gasteiger partial charge in [0, 0.05) is 27.8 Å². The van der Waals surface area contributed by atoms with E-state index in [-0.39, 0.29) is 0 Å². The van der Waals surface area contributed by atoms with Crippen molar-refractivity contribution in [2.75, 3.05) is 0 Å². The van der Waals surface area contributed by atoms with Crippen molar-refractivity contribution in [2.24, 2.45) is 15.7 Å². The minimum absolute atomic E-state index is 0.433. The van der Waals surface area contributed by atoms with E-state index >= 15 is 0 Å². The molecule has 0 spiro atoms. The van der Waals surface area contributed by atoms with E-state index in [0.29, 0.717) is 35.7 Å². The fraction of sp³-hybridized carbons (Fsp3) is 0.0600. The standard InChI is InChI=1S/C50H40N6/c1-34-22-26-37(27-23-34)46(51)53-47(40-28-24-35(2)25-29-40)52-33-36-12-9-17-41(30-36)42-18-10-19-43(31-42)44-20-11-21-45(32-44)50-55-48(38-13-5-3-6-14-38)54-49(56-50)39-15-7-4-8-16-39/h3-32H,33H2,1-2H3,(H2,51,52,53). The smallest absolute Gasteiger partial charge is 0.164 e. The summed E-state index contributed by atoms with van der Waals surface area (Å²) in [4.78, 5) is 24.6. The first-order valence-electron chi connectivity index (χ1n) is 18.6. The maximum atomic E-state index is 6.51. The second-order valence-electron chi connectivity index (χ2n) is 13.8. The molecule has 0 bridgehead atoms. The highest BCUT2D eigenvalue weighted by atomic mass is 15.0. The Hall–Kier alpha value is -7.31. The van der Waals surface area contributed by atoms with E-state index in [1.165, 1.54) is 11.1 Å². The Kier molecular flexibility index (Phi) is 10.4.